The molecular weight excluding hydrogens is 352 g/mol. The summed E-state index contributed by atoms with van der Waals surface area (Å²) in [6.07, 6.45) is 5.05. The minimum atomic E-state index is -0.561. The van der Waals surface area contributed by atoms with E-state index in [4.69, 9.17) is 4.42 Å². The van der Waals surface area contributed by atoms with Crippen LogP contribution in [0.2, 0.25) is 0 Å². The second kappa shape index (κ2) is 8.39. The highest BCUT2D eigenvalue weighted by Gasteiger charge is 2.12. The molecule has 1 aromatic carbocycles. The lowest BCUT2D eigenvalue weighted by Gasteiger charge is -2.10. The van der Waals surface area contributed by atoms with Crippen LogP contribution in [0.3, 0.4) is 0 Å². The highest BCUT2D eigenvalue weighted by Crippen LogP contribution is 2.22. The zero-order valence-electron chi connectivity index (χ0n) is 14.1. The second-order valence-corrected chi connectivity index (χ2v) is 6.41. The van der Waals surface area contributed by atoms with Crippen molar-refractivity contribution in [1.82, 2.24) is 20.2 Å². The highest BCUT2D eigenvalue weighted by molar-refractivity contribution is 7.99. The van der Waals surface area contributed by atoms with E-state index in [9.17, 15) is 9.59 Å². The summed E-state index contributed by atoms with van der Waals surface area (Å²) in [6, 6.07) is 10.8. The van der Waals surface area contributed by atoms with Crippen LogP contribution in [0.15, 0.2) is 64.6 Å². The van der Waals surface area contributed by atoms with Gasteiger partial charge in [0.05, 0.1) is 24.2 Å². The Morgan fingerprint density at radius 1 is 1.23 bits per heavy atom. The molecule has 3 rings (SSSR count). The standard InChI is InChI=1S/C18H18N4O3S/c1-13-5-2-3-7-15(13)22-9-8-19-18(22)26-12-16(23)21-17(24)20-11-14-6-4-10-25-14/h2-10H,11-12H2,1H3,(H2,20,21,23,24). The van der Waals surface area contributed by atoms with Gasteiger partial charge in [-0.3, -0.25) is 14.7 Å². The van der Waals surface area contributed by atoms with Gasteiger partial charge >= 0.3 is 6.03 Å². The Morgan fingerprint density at radius 2 is 2.08 bits per heavy atom. The Hall–Kier alpha value is -3.00. The average Bonchev–Trinajstić information content (AvgIpc) is 3.30. The van der Waals surface area contributed by atoms with Crippen LogP contribution in [0.1, 0.15) is 11.3 Å². The maximum Gasteiger partial charge on any atom is 0.321 e. The van der Waals surface area contributed by atoms with Crippen molar-refractivity contribution in [2.45, 2.75) is 18.6 Å². The number of para-hydroxylation sites is 1. The summed E-state index contributed by atoms with van der Waals surface area (Å²) >= 11 is 1.26. The van der Waals surface area contributed by atoms with Gasteiger partial charge in [0.15, 0.2) is 5.16 Å². The molecule has 0 aliphatic carbocycles. The molecular formula is C18H18N4O3S. The zero-order chi connectivity index (χ0) is 18.4. The van der Waals surface area contributed by atoms with E-state index in [2.05, 4.69) is 15.6 Å². The predicted octanol–water partition coefficient (Wildman–Crippen LogP) is 2.89. The van der Waals surface area contributed by atoms with Crippen molar-refractivity contribution in [2.24, 2.45) is 0 Å². The van der Waals surface area contributed by atoms with Gasteiger partial charge in [0.25, 0.3) is 0 Å². The van der Waals surface area contributed by atoms with Crippen LogP contribution in [0, 0.1) is 6.92 Å². The number of imidazole rings is 1. The number of hydrogen-bond acceptors (Lipinski definition) is 5. The molecule has 2 N–H and O–H groups in total. The molecule has 26 heavy (non-hydrogen) atoms. The molecule has 3 amide bonds. The Morgan fingerprint density at radius 3 is 2.85 bits per heavy atom. The highest BCUT2D eigenvalue weighted by atomic mass is 32.2. The number of nitrogens with zero attached hydrogens (tertiary/aromatic N) is 2. The monoisotopic (exact) mass is 370 g/mol. The second-order valence-electron chi connectivity index (χ2n) is 5.47. The molecule has 2 heterocycles. The van der Waals surface area contributed by atoms with E-state index in [0.29, 0.717) is 10.9 Å². The van der Waals surface area contributed by atoms with Gasteiger partial charge in [0.1, 0.15) is 5.76 Å². The molecule has 0 saturated carbocycles. The lowest BCUT2D eigenvalue weighted by atomic mass is 10.2. The molecule has 0 aliphatic heterocycles. The van der Waals surface area contributed by atoms with E-state index >= 15 is 0 Å². The zero-order valence-corrected chi connectivity index (χ0v) is 15.0. The molecule has 0 radical (unpaired) electrons. The minimum absolute atomic E-state index is 0.0804. The lowest BCUT2D eigenvalue weighted by molar-refractivity contribution is -0.117. The molecule has 134 valence electrons. The van der Waals surface area contributed by atoms with E-state index in [1.165, 1.54) is 18.0 Å². The summed E-state index contributed by atoms with van der Waals surface area (Å²) in [7, 11) is 0. The van der Waals surface area contributed by atoms with Crippen LogP contribution in [0.5, 0.6) is 0 Å². The van der Waals surface area contributed by atoms with Crippen LogP contribution < -0.4 is 10.6 Å². The van der Waals surface area contributed by atoms with Crippen molar-refractivity contribution in [3.63, 3.8) is 0 Å². The number of furan rings is 1. The first-order valence-corrected chi connectivity index (χ1v) is 8.94. The number of aryl methyl sites for hydroxylation is 1. The van der Waals surface area contributed by atoms with Crippen molar-refractivity contribution in [1.29, 1.82) is 0 Å². The van der Waals surface area contributed by atoms with Crippen LogP contribution in [-0.4, -0.2) is 27.2 Å². The van der Waals surface area contributed by atoms with Crippen LogP contribution in [-0.2, 0) is 11.3 Å². The summed E-state index contributed by atoms with van der Waals surface area (Å²) in [6.45, 7) is 2.23. The summed E-state index contributed by atoms with van der Waals surface area (Å²) in [5.41, 5.74) is 2.11. The summed E-state index contributed by atoms with van der Waals surface area (Å²) in [5, 5.41) is 5.53. The number of benzene rings is 1. The fourth-order valence-corrected chi connectivity index (χ4v) is 3.10. The molecule has 0 aliphatic rings. The van der Waals surface area contributed by atoms with Crippen molar-refractivity contribution in [3.8, 4) is 5.69 Å². The van der Waals surface area contributed by atoms with Gasteiger partial charge in [0.2, 0.25) is 5.91 Å². The molecule has 7 nitrogen and oxygen atoms in total. The van der Waals surface area contributed by atoms with Gasteiger partial charge < -0.3 is 9.73 Å². The summed E-state index contributed by atoms with van der Waals surface area (Å²) in [5.74, 6) is 0.297. The Labute approximate surface area is 154 Å². The third kappa shape index (κ3) is 4.54. The van der Waals surface area contributed by atoms with Gasteiger partial charge in [-0.1, -0.05) is 30.0 Å². The van der Waals surface area contributed by atoms with E-state index < -0.39 is 11.9 Å². The average molecular weight is 370 g/mol. The van der Waals surface area contributed by atoms with Gasteiger partial charge in [-0.05, 0) is 30.7 Å². The predicted molar refractivity (Wildman–Crippen MR) is 98.1 cm³/mol. The van der Waals surface area contributed by atoms with Gasteiger partial charge in [-0.15, -0.1) is 0 Å². The number of amides is 3. The molecule has 2 aromatic heterocycles. The van der Waals surface area contributed by atoms with Gasteiger partial charge in [0, 0.05) is 12.4 Å². The molecule has 0 saturated heterocycles. The number of urea groups is 1. The Balaban J connectivity index is 1.51. The smallest absolute Gasteiger partial charge is 0.321 e. The molecule has 0 atom stereocenters. The molecule has 0 spiro atoms. The van der Waals surface area contributed by atoms with Crippen molar-refractivity contribution < 1.29 is 14.0 Å². The fraction of sp³-hybridized carbons (Fsp3) is 0.167. The topological polar surface area (TPSA) is 89.2 Å². The quantitative estimate of drug-likeness (QED) is 0.651. The first kappa shape index (κ1) is 17.8. The first-order chi connectivity index (χ1) is 12.6. The van der Waals surface area contributed by atoms with Crippen LogP contribution in [0.25, 0.3) is 5.69 Å². The fourth-order valence-electron chi connectivity index (χ4n) is 2.33. The summed E-state index contributed by atoms with van der Waals surface area (Å²) < 4.78 is 7.03. The van der Waals surface area contributed by atoms with E-state index in [1.54, 1.807) is 18.3 Å². The summed E-state index contributed by atoms with van der Waals surface area (Å²) in [4.78, 5) is 28.0. The molecule has 0 unspecified atom stereocenters. The SMILES string of the molecule is Cc1ccccc1-n1ccnc1SCC(=O)NC(=O)NCc1ccco1. The minimum Gasteiger partial charge on any atom is -0.467 e. The number of nitrogens with one attached hydrogen (secondary N) is 2. The van der Waals surface area contributed by atoms with E-state index in [-0.39, 0.29) is 12.3 Å². The molecule has 3 aromatic rings. The molecule has 0 fully saturated rings. The molecule has 8 heteroatoms. The number of carbonyl (C=O) groups excluding carboxylic acids is 2. The van der Waals surface area contributed by atoms with E-state index in [1.807, 2.05) is 42.0 Å². The van der Waals surface area contributed by atoms with Crippen LogP contribution >= 0.6 is 11.8 Å². The third-order valence-corrected chi connectivity index (χ3v) is 4.54. The Kier molecular flexibility index (Phi) is 5.75. The number of hydrogen-bond donors (Lipinski definition) is 2. The third-order valence-electron chi connectivity index (χ3n) is 3.57. The normalized spacial score (nSPS) is 10.5. The van der Waals surface area contributed by atoms with E-state index in [0.717, 1.165) is 11.3 Å². The lowest BCUT2D eigenvalue weighted by Crippen LogP contribution is -2.39. The largest absolute Gasteiger partial charge is 0.467 e. The van der Waals surface area contributed by atoms with Crippen molar-refractivity contribution >= 4 is 23.7 Å². The van der Waals surface area contributed by atoms with Crippen molar-refractivity contribution in [3.05, 3.63) is 66.4 Å². The number of thioether (sulfide) groups is 1. The maximum absolute atomic E-state index is 12.0. The number of rotatable bonds is 6. The number of carbonyl (C=O) groups is 2. The first-order valence-electron chi connectivity index (χ1n) is 7.95. The number of imide groups is 1. The van der Waals surface area contributed by atoms with Gasteiger partial charge in [-0.25, -0.2) is 9.78 Å². The number of aromatic nitrogens is 2. The van der Waals surface area contributed by atoms with Gasteiger partial charge in [-0.2, -0.15) is 0 Å². The Bertz CT molecular complexity index is 889. The van der Waals surface area contributed by atoms with Crippen LogP contribution in [0.4, 0.5) is 4.79 Å². The van der Waals surface area contributed by atoms with Crippen molar-refractivity contribution in [2.75, 3.05) is 5.75 Å². The maximum atomic E-state index is 12.0. The molecule has 0 bridgehead atoms.